The third-order valence-electron chi connectivity index (χ3n) is 2.79. The molecule has 0 aliphatic carbocycles. The van der Waals surface area contributed by atoms with Crippen molar-refractivity contribution in [2.75, 3.05) is 11.9 Å². The fourth-order valence-corrected chi connectivity index (χ4v) is 2.56. The molecule has 2 nitrogen and oxygen atoms in total. The van der Waals surface area contributed by atoms with E-state index in [1.807, 2.05) is 36.5 Å². The van der Waals surface area contributed by atoms with Crippen LogP contribution in [0.5, 0.6) is 0 Å². The predicted octanol–water partition coefficient (Wildman–Crippen LogP) is 3.84. The lowest BCUT2D eigenvalue weighted by Gasteiger charge is -2.24. The molecule has 0 aliphatic heterocycles. The monoisotopic (exact) mass is 246 g/mol. The Hall–Kier alpha value is -1.35. The van der Waals surface area contributed by atoms with Gasteiger partial charge in [0.15, 0.2) is 0 Å². The minimum Gasteiger partial charge on any atom is -0.369 e. The van der Waals surface area contributed by atoms with E-state index in [2.05, 4.69) is 41.7 Å². The summed E-state index contributed by atoms with van der Waals surface area (Å²) in [6.45, 7) is 7.41. The van der Waals surface area contributed by atoms with Gasteiger partial charge in [-0.05, 0) is 30.5 Å². The lowest BCUT2D eigenvalue weighted by atomic mass is 9.91. The molecule has 3 heteroatoms. The van der Waals surface area contributed by atoms with Crippen molar-refractivity contribution in [2.45, 2.75) is 26.2 Å². The second-order valence-electron chi connectivity index (χ2n) is 4.88. The Morgan fingerprint density at radius 2 is 2.06 bits per heavy atom. The average molecular weight is 246 g/mol. The molecule has 1 N–H and O–H groups in total. The highest BCUT2D eigenvalue weighted by molar-refractivity contribution is 7.10. The maximum atomic E-state index is 4.45. The number of nitrogens with one attached hydrogen (secondary N) is 1. The SMILES string of the molecule is Cc1cccc(NCC(C)(C)c2cccs2)n1. The molecule has 0 unspecified atom stereocenters. The second kappa shape index (κ2) is 4.88. The molecule has 0 saturated carbocycles. The van der Waals surface area contributed by atoms with Gasteiger partial charge < -0.3 is 5.32 Å². The lowest BCUT2D eigenvalue weighted by molar-refractivity contribution is 0.568. The molecule has 0 aliphatic rings. The van der Waals surface area contributed by atoms with E-state index in [0.717, 1.165) is 18.1 Å². The number of aryl methyl sites for hydroxylation is 1. The molecule has 0 spiro atoms. The highest BCUT2D eigenvalue weighted by Gasteiger charge is 2.21. The van der Waals surface area contributed by atoms with E-state index in [-0.39, 0.29) is 5.41 Å². The van der Waals surface area contributed by atoms with Crippen LogP contribution in [0.15, 0.2) is 35.7 Å². The summed E-state index contributed by atoms with van der Waals surface area (Å²) in [5.74, 6) is 0.953. The van der Waals surface area contributed by atoms with Crippen molar-refractivity contribution in [1.82, 2.24) is 4.98 Å². The Balaban J connectivity index is 2.03. The molecule has 0 bridgehead atoms. The van der Waals surface area contributed by atoms with Crippen LogP contribution >= 0.6 is 11.3 Å². The third kappa shape index (κ3) is 3.07. The second-order valence-corrected chi connectivity index (χ2v) is 5.83. The molecule has 17 heavy (non-hydrogen) atoms. The summed E-state index contributed by atoms with van der Waals surface area (Å²) >= 11 is 1.81. The number of hydrogen-bond donors (Lipinski definition) is 1. The number of thiophene rings is 1. The van der Waals surface area contributed by atoms with Gasteiger partial charge >= 0.3 is 0 Å². The quantitative estimate of drug-likeness (QED) is 0.886. The van der Waals surface area contributed by atoms with Crippen molar-refractivity contribution in [1.29, 1.82) is 0 Å². The molecular formula is C14H18N2S. The molecule has 0 fully saturated rings. The maximum absolute atomic E-state index is 4.45. The van der Waals surface area contributed by atoms with Gasteiger partial charge in [0.2, 0.25) is 0 Å². The van der Waals surface area contributed by atoms with Gasteiger partial charge in [0.25, 0.3) is 0 Å². The third-order valence-corrected chi connectivity index (χ3v) is 4.02. The zero-order chi connectivity index (χ0) is 12.3. The van der Waals surface area contributed by atoms with Crippen molar-refractivity contribution in [3.63, 3.8) is 0 Å². The number of aromatic nitrogens is 1. The van der Waals surface area contributed by atoms with Crippen LogP contribution in [0.1, 0.15) is 24.4 Å². The maximum Gasteiger partial charge on any atom is 0.126 e. The largest absolute Gasteiger partial charge is 0.369 e. The zero-order valence-corrected chi connectivity index (χ0v) is 11.3. The van der Waals surface area contributed by atoms with Gasteiger partial charge in [-0.15, -0.1) is 11.3 Å². The Bertz CT molecular complexity index is 475. The predicted molar refractivity (Wildman–Crippen MR) is 74.8 cm³/mol. The number of pyridine rings is 1. The van der Waals surface area contributed by atoms with E-state index >= 15 is 0 Å². The molecule has 0 atom stereocenters. The zero-order valence-electron chi connectivity index (χ0n) is 10.5. The van der Waals surface area contributed by atoms with Gasteiger partial charge in [-0.3, -0.25) is 0 Å². The Kier molecular flexibility index (Phi) is 3.48. The Morgan fingerprint density at radius 3 is 2.71 bits per heavy atom. The van der Waals surface area contributed by atoms with Crippen LogP contribution in [-0.4, -0.2) is 11.5 Å². The summed E-state index contributed by atoms with van der Waals surface area (Å²) in [5.41, 5.74) is 1.18. The molecule has 2 aromatic heterocycles. The van der Waals surface area contributed by atoms with E-state index < -0.39 is 0 Å². The first-order chi connectivity index (χ1) is 8.08. The summed E-state index contributed by atoms with van der Waals surface area (Å²) in [7, 11) is 0. The molecule has 0 radical (unpaired) electrons. The topological polar surface area (TPSA) is 24.9 Å². The first-order valence-electron chi connectivity index (χ1n) is 5.79. The van der Waals surface area contributed by atoms with Gasteiger partial charge in [0.05, 0.1) is 0 Å². The lowest BCUT2D eigenvalue weighted by Crippen LogP contribution is -2.26. The number of hydrogen-bond acceptors (Lipinski definition) is 3. The Labute approximate surface area is 107 Å². The van der Waals surface area contributed by atoms with Crippen LogP contribution in [0, 0.1) is 6.92 Å². The first kappa shape index (κ1) is 12.1. The molecule has 2 rings (SSSR count). The molecule has 90 valence electrons. The van der Waals surface area contributed by atoms with Gasteiger partial charge in [-0.1, -0.05) is 26.0 Å². The molecule has 0 saturated heterocycles. The molecule has 2 aromatic rings. The minimum absolute atomic E-state index is 0.138. The van der Waals surface area contributed by atoms with Crippen LogP contribution in [0.4, 0.5) is 5.82 Å². The number of nitrogens with zero attached hydrogens (tertiary/aromatic N) is 1. The fraction of sp³-hybridized carbons (Fsp3) is 0.357. The van der Waals surface area contributed by atoms with Gasteiger partial charge in [0.1, 0.15) is 5.82 Å². The normalized spacial score (nSPS) is 11.5. The summed E-state index contributed by atoms with van der Waals surface area (Å²) in [6.07, 6.45) is 0. The first-order valence-corrected chi connectivity index (χ1v) is 6.67. The van der Waals surface area contributed by atoms with Crippen LogP contribution in [0.2, 0.25) is 0 Å². The van der Waals surface area contributed by atoms with E-state index in [4.69, 9.17) is 0 Å². The smallest absolute Gasteiger partial charge is 0.126 e. The minimum atomic E-state index is 0.138. The van der Waals surface area contributed by atoms with Gasteiger partial charge in [-0.2, -0.15) is 0 Å². The van der Waals surface area contributed by atoms with Crippen LogP contribution in [-0.2, 0) is 5.41 Å². The molecular weight excluding hydrogens is 228 g/mol. The van der Waals surface area contributed by atoms with Gasteiger partial charge in [0, 0.05) is 22.5 Å². The van der Waals surface area contributed by atoms with Crippen LogP contribution in [0.3, 0.4) is 0 Å². The summed E-state index contributed by atoms with van der Waals surface area (Å²) in [4.78, 5) is 5.85. The van der Waals surface area contributed by atoms with Crippen molar-refractivity contribution in [2.24, 2.45) is 0 Å². The molecule has 0 amide bonds. The number of anilines is 1. The molecule has 0 aromatic carbocycles. The van der Waals surface area contributed by atoms with E-state index in [0.29, 0.717) is 0 Å². The standard InChI is InChI=1S/C14H18N2S/c1-11-6-4-8-13(16-11)15-10-14(2,3)12-7-5-9-17-12/h4-9H,10H2,1-3H3,(H,15,16). The van der Waals surface area contributed by atoms with E-state index in [9.17, 15) is 0 Å². The summed E-state index contributed by atoms with van der Waals surface area (Å²) in [5, 5.41) is 5.54. The van der Waals surface area contributed by atoms with E-state index in [1.54, 1.807) is 0 Å². The number of rotatable bonds is 4. The highest BCUT2D eigenvalue weighted by Crippen LogP contribution is 2.27. The van der Waals surface area contributed by atoms with Crippen LogP contribution < -0.4 is 5.32 Å². The average Bonchev–Trinajstić information content (AvgIpc) is 2.81. The van der Waals surface area contributed by atoms with Gasteiger partial charge in [-0.25, -0.2) is 4.98 Å². The fourth-order valence-electron chi connectivity index (χ4n) is 1.70. The van der Waals surface area contributed by atoms with Crippen LogP contribution in [0.25, 0.3) is 0 Å². The summed E-state index contributed by atoms with van der Waals surface area (Å²) < 4.78 is 0. The van der Waals surface area contributed by atoms with Crippen molar-refractivity contribution < 1.29 is 0 Å². The highest BCUT2D eigenvalue weighted by atomic mass is 32.1. The summed E-state index contributed by atoms with van der Waals surface area (Å²) in [6, 6.07) is 10.3. The molecule has 2 heterocycles. The van der Waals surface area contributed by atoms with Crippen molar-refractivity contribution in [3.8, 4) is 0 Å². The van der Waals surface area contributed by atoms with Crippen molar-refractivity contribution >= 4 is 17.2 Å². The Morgan fingerprint density at radius 1 is 1.24 bits per heavy atom. The van der Waals surface area contributed by atoms with E-state index in [1.165, 1.54) is 4.88 Å². The van der Waals surface area contributed by atoms with Crippen molar-refractivity contribution in [3.05, 3.63) is 46.3 Å².